The van der Waals surface area contributed by atoms with Crippen molar-refractivity contribution in [2.75, 3.05) is 6.54 Å². The largest absolute Gasteiger partial charge is 0.424 e. The number of hydrogen-bond acceptors (Lipinski definition) is 5. The minimum atomic E-state index is -0.395. The van der Waals surface area contributed by atoms with Crippen molar-refractivity contribution in [1.82, 2.24) is 15.1 Å². The highest BCUT2D eigenvalue weighted by Crippen LogP contribution is 2.33. The lowest BCUT2D eigenvalue weighted by Crippen LogP contribution is -2.24. The molecule has 5 nitrogen and oxygen atoms in total. The van der Waals surface area contributed by atoms with Crippen LogP contribution in [0.2, 0.25) is 0 Å². The van der Waals surface area contributed by atoms with Gasteiger partial charge in [-0.05, 0) is 24.1 Å². The summed E-state index contributed by atoms with van der Waals surface area (Å²) in [6.07, 6.45) is 0.936. The topological polar surface area (TPSA) is 62.4 Å². The van der Waals surface area contributed by atoms with Crippen LogP contribution < -0.4 is 0 Å². The van der Waals surface area contributed by atoms with Crippen molar-refractivity contribution in [3.05, 3.63) is 47.4 Å². The van der Waals surface area contributed by atoms with E-state index < -0.39 is 6.10 Å². The molecule has 0 radical (unpaired) electrons. The number of aromatic nitrogens is 2. The Morgan fingerprint density at radius 3 is 2.67 bits per heavy atom. The van der Waals surface area contributed by atoms with E-state index in [1.807, 2.05) is 6.92 Å². The first-order valence-corrected chi connectivity index (χ1v) is 7.14. The monoisotopic (exact) mass is 291 g/mol. The molecule has 0 bridgehead atoms. The number of aliphatic hydroxyl groups is 1. The molecule has 6 heteroatoms. The van der Waals surface area contributed by atoms with E-state index in [1.165, 1.54) is 12.1 Å². The summed E-state index contributed by atoms with van der Waals surface area (Å²) in [7, 11) is 0. The zero-order valence-electron chi connectivity index (χ0n) is 11.9. The molecule has 2 heterocycles. The van der Waals surface area contributed by atoms with Gasteiger partial charge in [0, 0.05) is 19.0 Å². The first-order valence-electron chi connectivity index (χ1n) is 7.14. The minimum absolute atomic E-state index is 0.0394. The summed E-state index contributed by atoms with van der Waals surface area (Å²) < 4.78 is 18.6. The van der Waals surface area contributed by atoms with Gasteiger partial charge < -0.3 is 9.52 Å². The number of aliphatic hydroxyl groups excluding tert-OH is 1. The van der Waals surface area contributed by atoms with Crippen LogP contribution in [0.1, 0.15) is 36.7 Å². The van der Waals surface area contributed by atoms with Crippen LogP contribution in [-0.4, -0.2) is 32.9 Å². The molecule has 0 amide bonds. The van der Waals surface area contributed by atoms with E-state index in [0.717, 1.165) is 5.56 Å². The fraction of sp³-hybridized carbons (Fsp3) is 0.467. The Labute approximate surface area is 122 Å². The molecule has 1 saturated heterocycles. The highest BCUT2D eigenvalue weighted by Gasteiger charge is 2.33. The van der Waals surface area contributed by atoms with Crippen LogP contribution in [0.15, 0.2) is 28.7 Å². The molecule has 1 fully saturated rings. The van der Waals surface area contributed by atoms with E-state index in [0.29, 0.717) is 37.7 Å². The number of nitrogens with zero attached hydrogens (tertiary/aromatic N) is 3. The third-order valence-electron chi connectivity index (χ3n) is 3.79. The average Bonchev–Trinajstić information content (AvgIpc) is 3.07. The van der Waals surface area contributed by atoms with Gasteiger partial charge in [0.1, 0.15) is 5.82 Å². The SMILES string of the molecule is CCc1nnc(CN2C[C@H](O)C[C@@H]2c2ccc(F)cc2)o1. The molecule has 2 atom stereocenters. The van der Waals surface area contributed by atoms with Crippen LogP contribution in [0.3, 0.4) is 0 Å². The Bertz CT molecular complexity index is 599. The Kier molecular flexibility index (Phi) is 3.98. The van der Waals surface area contributed by atoms with Crippen LogP contribution in [0.4, 0.5) is 4.39 Å². The number of benzene rings is 1. The van der Waals surface area contributed by atoms with Gasteiger partial charge in [-0.1, -0.05) is 19.1 Å². The quantitative estimate of drug-likeness (QED) is 0.934. The Balaban J connectivity index is 1.77. The molecule has 1 aliphatic rings. The normalized spacial score (nSPS) is 22.8. The number of aryl methyl sites for hydroxylation is 1. The number of β-amino-alcohol motifs (C(OH)–C–C–N with tert-alkyl or cyclic N) is 1. The molecular weight excluding hydrogens is 273 g/mol. The number of rotatable bonds is 4. The zero-order chi connectivity index (χ0) is 14.8. The van der Waals surface area contributed by atoms with E-state index >= 15 is 0 Å². The summed E-state index contributed by atoms with van der Waals surface area (Å²) >= 11 is 0. The molecule has 1 aromatic carbocycles. The first-order chi connectivity index (χ1) is 10.2. The van der Waals surface area contributed by atoms with Gasteiger partial charge >= 0.3 is 0 Å². The standard InChI is InChI=1S/C15H18FN3O2/c1-2-14-17-18-15(21-14)9-19-8-12(20)7-13(19)10-3-5-11(16)6-4-10/h3-6,12-13,20H,2,7-9H2,1H3/t12-,13-/m1/s1. The van der Waals surface area contributed by atoms with Crippen LogP contribution in [0.25, 0.3) is 0 Å². The number of likely N-dealkylation sites (tertiary alicyclic amines) is 1. The second-order valence-corrected chi connectivity index (χ2v) is 5.33. The summed E-state index contributed by atoms with van der Waals surface area (Å²) in [5.41, 5.74) is 0.989. The van der Waals surface area contributed by atoms with Gasteiger partial charge in [-0.25, -0.2) is 4.39 Å². The Hall–Kier alpha value is -1.79. The third kappa shape index (κ3) is 3.11. The predicted molar refractivity (Wildman–Crippen MR) is 73.9 cm³/mol. The number of halogens is 1. The van der Waals surface area contributed by atoms with Gasteiger partial charge in [0.15, 0.2) is 0 Å². The van der Waals surface area contributed by atoms with Crippen LogP contribution in [0, 0.1) is 5.82 Å². The van der Waals surface area contributed by atoms with Crippen molar-refractivity contribution in [2.45, 2.75) is 38.5 Å². The number of hydrogen-bond donors (Lipinski definition) is 1. The minimum Gasteiger partial charge on any atom is -0.424 e. The lowest BCUT2D eigenvalue weighted by molar-refractivity contribution is 0.167. The molecule has 1 N–H and O–H groups in total. The van der Waals surface area contributed by atoms with E-state index in [1.54, 1.807) is 12.1 Å². The molecule has 112 valence electrons. The van der Waals surface area contributed by atoms with Crippen LogP contribution in [-0.2, 0) is 13.0 Å². The molecule has 0 aliphatic carbocycles. The fourth-order valence-electron chi connectivity index (χ4n) is 2.75. The maximum atomic E-state index is 13.0. The Morgan fingerprint density at radius 1 is 1.29 bits per heavy atom. The van der Waals surface area contributed by atoms with Gasteiger partial charge in [-0.15, -0.1) is 10.2 Å². The predicted octanol–water partition coefficient (Wildman–Crippen LogP) is 2.08. The summed E-state index contributed by atoms with van der Waals surface area (Å²) in [4.78, 5) is 2.09. The molecule has 1 aliphatic heterocycles. The molecule has 21 heavy (non-hydrogen) atoms. The molecule has 0 unspecified atom stereocenters. The lowest BCUT2D eigenvalue weighted by Gasteiger charge is -2.22. The smallest absolute Gasteiger partial charge is 0.230 e. The zero-order valence-corrected chi connectivity index (χ0v) is 11.9. The first kappa shape index (κ1) is 14.2. The highest BCUT2D eigenvalue weighted by atomic mass is 19.1. The van der Waals surface area contributed by atoms with E-state index in [-0.39, 0.29) is 11.9 Å². The maximum absolute atomic E-state index is 13.0. The van der Waals surface area contributed by atoms with Crippen LogP contribution in [0.5, 0.6) is 0 Å². The van der Waals surface area contributed by atoms with Gasteiger partial charge in [0.25, 0.3) is 0 Å². The van der Waals surface area contributed by atoms with Crippen molar-refractivity contribution in [3.8, 4) is 0 Å². The lowest BCUT2D eigenvalue weighted by atomic mass is 10.0. The highest BCUT2D eigenvalue weighted by molar-refractivity contribution is 5.21. The molecule has 3 rings (SSSR count). The molecular formula is C15H18FN3O2. The summed E-state index contributed by atoms with van der Waals surface area (Å²) in [5, 5.41) is 17.9. The molecule has 0 spiro atoms. The summed E-state index contributed by atoms with van der Waals surface area (Å²) in [6, 6.07) is 6.45. The fourth-order valence-corrected chi connectivity index (χ4v) is 2.75. The van der Waals surface area contributed by atoms with E-state index in [2.05, 4.69) is 15.1 Å². The van der Waals surface area contributed by atoms with Gasteiger partial charge in [-0.2, -0.15) is 0 Å². The molecule has 0 saturated carbocycles. The Morgan fingerprint density at radius 2 is 2.00 bits per heavy atom. The molecule has 1 aromatic heterocycles. The van der Waals surface area contributed by atoms with Crippen molar-refractivity contribution in [3.63, 3.8) is 0 Å². The van der Waals surface area contributed by atoms with Crippen molar-refractivity contribution in [2.24, 2.45) is 0 Å². The second kappa shape index (κ2) is 5.91. The van der Waals surface area contributed by atoms with Crippen LogP contribution >= 0.6 is 0 Å². The van der Waals surface area contributed by atoms with Crippen molar-refractivity contribution >= 4 is 0 Å². The van der Waals surface area contributed by atoms with Gasteiger partial charge in [0.05, 0.1) is 12.6 Å². The van der Waals surface area contributed by atoms with Gasteiger partial charge in [-0.3, -0.25) is 4.90 Å². The van der Waals surface area contributed by atoms with Gasteiger partial charge in [0.2, 0.25) is 11.8 Å². The maximum Gasteiger partial charge on any atom is 0.230 e. The summed E-state index contributed by atoms with van der Waals surface area (Å²) in [5.74, 6) is 0.907. The van der Waals surface area contributed by atoms with Crippen molar-refractivity contribution in [1.29, 1.82) is 0 Å². The van der Waals surface area contributed by atoms with Crippen molar-refractivity contribution < 1.29 is 13.9 Å². The van der Waals surface area contributed by atoms with E-state index in [4.69, 9.17) is 4.42 Å². The second-order valence-electron chi connectivity index (χ2n) is 5.33. The van der Waals surface area contributed by atoms with E-state index in [9.17, 15) is 9.50 Å². The summed E-state index contributed by atoms with van der Waals surface area (Å²) in [6.45, 7) is 3.00. The average molecular weight is 291 g/mol. The third-order valence-corrected chi connectivity index (χ3v) is 3.79. The molecule has 2 aromatic rings.